The second-order valence-corrected chi connectivity index (χ2v) is 10.9. The van der Waals surface area contributed by atoms with E-state index >= 15 is 0 Å². The summed E-state index contributed by atoms with van der Waals surface area (Å²) in [5.74, 6) is 1.15. The lowest BCUT2D eigenvalue weighted by Gasteiger charge is -2.61. The third-order valence-corrected chi connectivity index (χ3v) is 10.1. The summed E-state index contributed by atoms with van der Waals surface area (Å²) in [7, 11) is 0. The van der Waals surface area contributed by atoms with Crippen LogP contribution in [-0.2, 0) is 23.7 Å². The topological polar surface area (TPSA) is 54.0 Å². The predicted molar refractivity (Wildman–Crippen MR) is 101 cm³/mol. The van der Waals surface area contributed by atoms with Crippen molar-refractivity contribution < 1.29 is 23.7 Å². The van der Waals surface area contributed by atoms with E-state index in [0.717, 1.165) is 44.9 Å². The van der Waals surface area contributed by atoms with Gasteiger partial charge < -0.3 is 18.9 Å². The van der Waals surface area contributed by atoms with Crippen LogP contribution in [0.5, 0.6) is 0 Å². The SMILES string of the molecule is C[C@]12CCC3C(C(=O)C[C@H]4CC5(CC[C@]34C)OCCO5)C1CCC21OCCO1. The Balaban J connectivity index is 1.32. The molecule has 0 N–H and O–H groups in total. The second-order valence-electron chi connectivity index (χ2n) is 10.9. The summed E-state index contributed by atoms with van der Waals surface area (Å²) in [6.07, 6.45) is 7.97. The van der Waals surface area contributed by atoms with Crippen molar-refractivity contribution in [3.8, 4) is 0 Å². The van der Waals surface area contributed by atoms with Gasteiger partial charge >= 0.3 is 0 Å². The first kappa shape index (κ1) is 18.3. The Morgan fingerprint density at radius 3 is 2.25 bits per heavy atom. The highest BCUT2D eigenvalue weighted by atomic mass is 16.7. The van der Waals surface area contributed by atoms with Crippen LogP contribution < -0.4 is 0 Å². The fraction of sp³-hybridized carbons (Fsp3) is 0.957. The molecule has 2 heterocycles. The van der Waals surface area contributed by atoms with Gasteiger partial charge in [0.2, 0.25) is 0 Å². The molecule has 2 saturated heterocycles. The van der Waals surface area contributed by atoms with E-state index in [1.54, 1.807) is 0 Å². The number of ketones is 1. The molecule has 6 fully saturated rings. The van der Waals surface area contributed by atoms with Crippen LogP contribution in [0.1, 0.15) is 65.2 Å². The van der Waals surface area contributed by atoms with Crippen molar-refractivity contribution in [2.75, 3.05) is 26.4 Å². The predicted octanol–water partition coefficient (Wildman–Crippen LogP) is 3.69. The minimum atomic E-state index is -0.428. The molecule has 0 bridgehead atoms. The maximum atomic E-state index is 13.6. The van der Waals surface area contributed by atoms with Gasteiger partial charge in [0, 0.05) is 37.0 Å². The molecule has 3 unspecified atom stereocenters. The molecular weight excluding hydrogens is 356 g/mol. The van der Waals surface area contributed by atoms with E-state index in [1.807, 2.05) is 0 Å². The summed E-state index contributed by atoms with van der Waals surface area (Å²) >= 11 is 0. The molecule has 4 aliphatic carbocycles. The number of fused-ring (bicyclic) bond motifs is 6. The van der Waals surface area contributed by atoms with Crippen molar-refractivity contribution in [3.63, 3.8) is 0 Å². The quantitative estimate of drug-likeness (QED) is 0.631. The van der Waals surface area contributed by atoms with E-state index in [1.165, 1.54) is 0 Å². The molecule has 4 saturated carbocycles. The smallest absolute Gasteiger partial charge is 0.174 e. The monoisotopic (exact) mass is 390 g/mol. The van der Waals surface area contributed by atoms with Crippen molar-refractivity contribution in [2.45, 2.75) is 76.8 Å². The van der Waals surface area contributed by atoms with Crippen LogP contribution in [0.2, 0.25) is 0 Å². The molecule has 0 aromatic carbocycles. The fourth-order valence-electron chi connectivity index (χ4n) is 8.52. The molecule has 5 nitrogen and oxygen atoms in total. The Bertz CT molecular complexity index is 678. The number of Topliss-reactive ketones (excluding diaryl/α,β-unsaturated/α-hetero) is 1. The van der Waals surface area contributed by atoms with Gasteiger partial charge in [-0.2, -0.15) is 0 Å². The van der Waals surface area contributed by atoms with Gasteiger partial charge in [-0.05, 0) is 48.9 Å². The minimum absolute atomic E-state index is 0.0168. The summed E-state index contributed by atoms with van der Waals surface area (Å²) in [5.41, 5.74) is 0.213. The van der Waals surface area contributed by atoms with Gasteiger partial charge in [-0.25, -0.2) is 0 Å². The van der Waals surface area contributed by atoms with E-state index in [-0.39, 0.29) is 16.7 Å². The van der Waals surface area contributed by atoms with E-state index < -0.39 is 11.6 Å². The molecule has 6 atom stereocenters. The molecule has 2 aliphatic heterocycles. The van der Waals surface area contributed by atoms with Gasteiger partial charge in [-0.1, -0.05) is 13.8 Å². The molecule has 0 radical (unpaired) electrons. The lowest BCUT2D eigenvalue weighted by atomic mass is 9.44. The summed E-state index contributed by atoms with van der Waals surface area (Å²) in [6, 6.07) is 0. The third kappa shape index (κ3) is 2.15. The first-order chi connectivity index (χ1) is 13.4. The summed E-state index contributed by atoms with van der Waals surface area (Å²) in [5, 5.41) is 0. The van der Waals surface area contributed by atoms with Crippen LogP contribution in [0, 0.1) is 34.5 Å². The maximum Gasteiger partial charge on any atom is 0.174 e. The second kappa shape index (κ2) is 5.81. The standard InChI is InChI=1S/C23H34O5/c1-20-7-8-22(25-9-10-26-22)14-15(20)13-18(24)19-16(20)3-5-21(2)17(19)4-6-23(21)27-11-12-28-23/h15-17,19H,3-14H2,1-2H3/t15-,16?,17?,19?,20-,21-/m0/s1. The normalized spacial score (nSPS) is 51.3. The number of rotatable bonds is 0. The van der Waals surface area contributed by atoms with Crippen molar-refractivity contribution >= 4 is 5.78 Å². The number of carbonyl (C=O) groups is 1. The summed E-state index contributed by atoms with van der Waals surface area (Å²) in [4.78, 5) is 13.6. The zero-order chi connectivity index (χ0) is 19.2. The van der Waals surface area contributed by atoms with Crippen LogP contribution in [0.3, 0.4) is 0 Å². The number of ether oxygens (including phenoxy) is 4. The maximum absolute atomic E-state index is 13.6. The average molecular weight is 391 g/mol. The van der Waals surface area contributed by atoms with E-state index in [4.69, 9.17) is 18.9 Å². The highest BCUT2D eigenvalue weighted by molar-refractivity contribution is 5.83. The van der Waals surface area contributed by atoms with Crippen molar-refractivity contribution in [3.05, 3.63) is 0 Å². The molecule has 6 aliphatic rings. The van der Waals surface area contributed by atoms with Crippen molar-refractivity contribution in [2.24, 2.45) is 34.5 Å². The fourth-order valence-corrected chi connectivity index (χ4v) is 8.52. The average Bonchev–Trinajstić information content (AvgIpc) is 3.39. The van der Waals surface area contributed by atoms with Crippen LogP contribution in [0.4, 0.5) is 0 Å². The summed E-state index contributed by atoms with van der Waals surface area (Å²) in [6.45, 7) is 7.62. The largest absolute Gasteiger partial charge is 0.348 e. The van der Waals surface area contributed by atoms with Gasteiger partial charge in [-0.3, -0.25) is 4.79 Å². The molecule has 6 rings (SSSR count). The van der Waals surface area contributed by atoms with Crippen molar-refractivity contribution in [1.29, 1.82) is 0 Å². The zero-order valence-corrected chi connectivity index (χ0v) is 17.3. The first-order valence-electron chi connectivity index (χ1n) is 11.5. The van der Waals surface area contributed by atoms with Gasteiger partial charge in [0.1, 0.15) is 5.78 Å². The minimum Gasteiger partial charge on any atom is -0.348 e. The molecule has 0 amide bonds. The molecule has 0 aromatic rings. The number of hydrogen-bond donors (Lipinski definition) is 0. The number of hydrogen-bond acceptors (Lipinski definition) is 5. The van der Waals surface area contributed by atoms with Crippen LogP contribution >= 0.6 is 0 Å². The Kier molecular flexibility index (Phi) is 3.79. The Hall–Kier alpha value is -0.490. The van der Waals surface area contributed by atoms with Crippen LogP contribution in [-0.4, -0.2) is 43.8 Å². The number of carbonyl (C=O) groups excluding carboxylic acids is 1. The first-order valence-corrected chi connectivity index (χ1v) is 11.5. The van der Waals surface area contributed by atoms with E-state index in [0.29, 0.717) is 56.4 Å². The Labute approximate surface area is 167 Å². The Morgan fingerprint density at radius 1 is 0.821 bits per heavy atom. The lowest BCUT2D eigenvalue weighted by Crippen LogP contribution is -2.60. The van der Waals surface area contributed by atoms with E-state index in [2.05, 4.69) is 13.8 Å². The molecule has 2 spiro atoms. The lowest BCUT2D eigenvalue weighted by molar-refractivity contribution is -0.253. The van der Waals surface area contributed by atoms with Gasteiger partial charge in [0.25, 0.3) is 0 Å². The molecule has 5 heteroatoms. The van der Waals surface area contributed by atoms with Crippen LogP contribution in [0.25, 0.3) is 0 Å². The summed E-state index contributed by atoms with van der Waals surface area (Å²) < 4.78 is 24.5. The van der Waals surface area contributed by atoms with Gasteiger partial charge in [0.15, 0.2) is 11.6 Å². The van der Waals surface area contributed by atoms with Crippen LogP contribution in [0.15, 0.2) is 0 Å². The molecule has 156 valence electrons. The zero-order valence-electron chi connectivity index (χ0n) is 17.3. The highest BCUT2D eigenvalue weighted by Gasteiger charge is 2.69. The van der Waals surface area contributed by atoms with E-state index in [9.17, 15) is 4.79 Å². The third-order valence-electron chi connectivity index (χ3n) is 10.1. The molecule has 28 heavy (non-hydrogen) atoms. The van der Waals surface area contributed by atoms with Crippen molar-refractivity contribution in [1.82, 2.24) is 0 Å². The molecule has 0 aromatic heterocycles. The van der Waals surface area contributed by atoms with Gasteiger partial charge in [0.05, 0.1) is 26.4 Å². The highest BCUT2D eigenvalue weighted by Crippen LogP contribution is 2.69. The Morgan fingerprint density at radius 2 is 1.50 bits per heavy atom. The molecular formula is C23H34O5. The van der Waals surface area contributed by atoms with Gasteiger partial charge in [-0.15, -0.1) is 0 Å².